The van der Waals surface area contributed by atoms with Gasteiger partial charge in [-0.25, -0.2) is 13.2 Å². The summed E-state index contributed by atoms with van der Waals surface area (Å²) in [6, 6.07) is 12.7. The van der Waals surface area contributed by atoms with Gasteiger partial charge >= 0.3 is 5.97 Å². The maximum Gasteiger partial charge on any atom is 0.335 e. The van der Waals surface area contributed by atoms with Crippen molar-refractivity contribution in [2.45, 2.75) is 12.4 Å². The van der Waals surface area contributed by atoms with Gasteiger partial charge in [0.15, 0.2) is 0 Å². The quantitative estimate of drug-likeness (QED) is 0.811. The first kappa shape index (κ1) is 17.0. The predicted molar refractivity (Wildman–Crippen MR) is 86.8 cm³/mol. The first-order chi connectivity index (χ1) is 10.9. The fourth-order valence-corrected chi connectivity index (χ4v) is 3.31. The summed E-state index contributed by atoms with van der Waals surface area (Å²) in [7, 11) is -2.08. The number of benzene rings is 2. The number of sulfonamides is 1. The minimum atomic E-state index is -3.61. The minimum absolute atomic E-state index is 0.115. The van der Waals surface area contributed by atoms with Crippen LogP contribution >= 0.6 is 0 Å². The van der Waals surface area contributed by atoms with Gasteiger partial charge in [0.25, 0.3) is 0 Å². The second-order valence-corrected chi connectivity index (χ2v) is 6.68. The molecular weight excluding hydrogens is 318 g/mol. The number of ether oxygens (including phenoxy) is 1. The van der Waals surface area contributed by atoms with E-state index in [-0.39, 0.29) is 11.3 Å². The fraction of sp³-hybridized carbons (Fsp3) is 0.188. The third kappa shape index (κ3) is 4.80. The highest BCUT2D eigenvalue weighted by atomic mass is 32.2. The van der Waals surface area contributed by atoms with Gasteiger partial charge in [-0.15, -0.1) is 0 Å². The Balaban J connectivity index is 2.15. The van der Waals surface area contributed by atoms with E-state index in [1.807, 2.05) is 0 Å². The van der Waals surface area contributed by atoms with Crippen molar-refractivity contribution >= 4 is 21.7 Å². The molecule has 2 aromatic carbocycles. The van der Waals surface area contributed by atoms with E-state index >= 15 is 0 Å². The average Bonchev–Trinajstić information content (AvgIpc) is 2.49. The number of carbonyl (C=O) groups is 1. The van der Waals surface area contributed by atoms with Crippen molar-refractivity contribution in [2.24, 2.45) is 0 Å². The molecule has 0 saturated heterocycles. The van der Waals surface area contributed by atoms with E-state index in [0.717, 1.165) is 5.56 Å². The minimum Gasteiger partial charge on any atom is -0.478 e. The Hall–Kier alpha value is -2.38. The lowest BCUT2D eigenvalue weighted by Gasteiger charge is -2.12. The molecule has 0 fully saturated rings. The van der Waals surface area contributed by atoms with Gasteiger partial charge in [-0.1, -0.05) is 30.3 Å². The lowest BCUT2D eigenvalue weighted by Crippen LogP contribution is -2.16. The number of nitrogens with one attached hydrogen (secondary N) is 1. The summed E-state index contributed by atoms with van der Waals surface area (Å²) in [6.07, 6.45) is 0. The number of rotatable bonds is 7. The summed E-state index contributed by atoms with van der Waals surface area (Å²) in [5, 5.41) is 8.84. The zero-order chi connectivity index (χ0) is 16.9. The molecule has 0 amide bonds. The summed E-state index contributed by atoms with van der Waals surface area (Å²) in [5.41, 5.74) is 1.83. The summed E-state index contributed by atoms with van der Waals surface area (Å²) < 4.78 is 32.1. The molecule has 122 valence electrons. The smallest absolute Gasteiger partial charge is 0.335 e. The van der Waals surface area contributed by atoms with Crippen LogP contribution in [0.2, 0.25) is 0 Å². The Labute approximate surface area is 134 Å². The van der Waals surface area contributed by atoms with Crippen LogP contribution in [-0.2, 0) is 27.1 Å². The second-order valence-electron chi connectivity index (χ2n) is 4.95. The molecule has 2 aromatic rings. The highest BCUT2D eigenvalue weighted by Crippen LogP contribution is 2.19. The summed E-state index contributed by atoms with van der Waals surface area (Å²) >= 11 is 0. The van der Waals surface area contributed by atoms with Gasteiger partial charge in [-0.05, 0) is 23.8 Å². The molecule has 6 nitrogen and oxygen atoms in total. The maximum atomic E-state index is 12.3. The van der Waals surface area contributed by atoms with Crippen molar-refractivity contribution in [2.75, 3.05) is 11.8 Å². The number of anilines is 1. The van der Waals surface area contributed by atoms with Crippen molar-refractivity contribution in [1.82, 2.24) is 0 Å². The molecular formula is C16H17NO5S. The van der Waals surface area contributed by atoms with Crippen LogP contribution in [0.3, 0.4) is 0 Å². The van der Waals surface area contributed by atoms with Crippen molar-refractivity contribution in [1.29, 1.82) is 0 Å². The van der Waals surface area contributed by atoms with Crippen molar-refractivity contribution < 1.29 is 23.1 Å². The van der Waals surface area contributed by atoms with Crippen LogP contribution in [0.1, 0.15) is 21.5 Å². The molecule has 0 spiro atoms. The maximum absolute atomic E-state index is 12.3. The van der Waals surface area contributed by atoms with Gasteiger partial charge in [0, 0.05) is 12.7 Å². The molecule has 23 heavy (non-hydrogen) atoms. The van der Waals surface area contributed by atoms with E-state index in [9.17, 15) is 13.2 Å². The second kappa shape index (κ2) is 7.26. The Kier molecular flexibility index (Phi) is 5.36. The van der Waals surface area contributed by atoms with E-state index < -0.39 is 16.0 Å². The Morgan fingerprint density at radius 2 is 1.78 bits per heavy atom. The molecule has 0 unspecified atom stereocenters. The molecule has 0 radical (unpaired) electrons. The molecule has 0 atom stereocenters. The van der Waals surface area contributed by atoms with E-state index in [2.05, 4.69) is 4.72 Å². The lowest BCUT2D eigenvalue weighted by atomic mass is 10.1. The van der Waals surface area contributed by atoms with E-state index in [1.54, 1.807) is 24.3 Å². The SMILES string of the molecule is COCc1ccccc1NS(=O)(=O)Cc1ccc(C(=O)O)cc1. The largest absolute Gasteiger partial charge is 0.478 e. The summed E-state index contributed by atoms with van der Waals surface area (Å²) in [6.45, 7) is 0.298. The van der Waals surface area contributed by atoms with Crippen LogP contribution in [0.25, 0.3) is 0 Å². The Bertz CT molecular complexity index is 784. The molecule has 2 N–H and O–H groups in total. The van der Waals surface area contributed by atoms with Crippen molar-refractivity contribution in [3.63, 3.8) is 0 Å². The molecule has 0 aliphatic heterocycles. The number of methoxy groups -OCH3 is 1. The van der Waals surface area contributed by atoms with Crippen LogP contribution in [0.4, 0.5) is 5.69 Å². The third-order valence-electron chi connectivity index (χ3n) is 3.14. The van der Waals surface area contributed by atoms with E-state index in [0.29, 0.717) is 17.9 Å². The number of para-hydroxylation sites is 1. The zero-order valence-electron chi connectivity index (χ0n) is 12.5. The summed E-state index contributed by atoms with van der Waals surface area (Å²) in [5.74, 6) is -1.29. The number of hydrogen-bond acceptors (Lipinski definition) is 4. The third-order valence-corrected chi connectivity index (χ3v) is 4.38. The molecule has 0 aromatic heterocycles. The van der Waals surface area contributed by atoms with E-state index in [4.69, 9.17) is 9.84 Å². The molecule has 7 heteroatoms. The molecule has 0 heterocycles. The Morgan fingerprint density at radius 3 is 2.39 bits per heavy atom. The van der Waals surface area contributed by atoms with Gasteiger partial charge in [0.2, 0.25) is 10.0 Å². The van der Waals surface area contributed by atoms with Crippen LogP contribution < -0.4 is 4.72 Å². The van der Waals surface area contributed by atoms with Gasteiger partial charge < -0.3 is 9.84 Å². The van der Waals surface area contributed by atoms with Crippen molar-refractivity contribution in [3.05, 3.63) is 65.2 Å². The van der Waals surface area contributed by atoms with Crippen LogP contribution in [0, 0.1) is 0 Å². The van der Waals surface area contributed by atoms with Crippen LogP contribution in [0.15, 0.2) is 48.5 Å². The van der Waals surface area contributed by atoms with Crippen LogP contribution in [0.5, 0.6) is 0 Å². The molecule has 0 saturated carbocycles. The average molecular weight is 335 g/mol. The zero-order valence-corrected chi connectivity index (χ0v) is 13.3. The van der Waals surface area contributed by atoms with Gasteiger partial charge in [0.05, 0.1) is 23.6 Å². The number of aromatic carboxylic acids is 1. The first-order valence-corrected chi connectivity index (χ1v) is 8.46. The molecule has 0 aliphatic carbocycles. The lowest BCUT2D eigenvalue weighted by molar-refractivity contribution is 0.0697. The molecule has 2 rings (SSSR count). The Morgan fingerprint density at radius 1 is 1.13 bits per heavy atom. The highest BCUT2D eigenvalue weighted by molar-refractivity contribution is 7.91. The van der Waals surface area contributed by atoms with Gasteiger partial charge in [-0.2, -0.15) is 0 Å². The fourth-order valence-electron chi connectivity index (χ4n) is 2.07. The monoisotopic (exact) mass is 335 g/mol. The normalized spacial score (nSPS) is 11.2. The summed E-state index contributed by atoms with van der Waals surface area (Å²) in [4.78, 5) is 10.8. The number of carboxylic acids is 1. The molecule has 0 aliphatic rings. The van der Waals surface area contributed by atoms with Crippen LogP contribution in [-0.4, -0.2) is 26.6 Å². The standard InChI is InChI=1S/C16H17NO5S/c1-22-10-14-4-2-3-5-15(14)17-23(20,21)11-12-6-8-13(9-7-12)16(18)19/h2-9,17H,10-11H2,1H3,(H,18,19). The molecule has 0 bridgehead atoms. The van der Waals surface area contributed by atoms with Crippen molar-refractivity contribution in [3.8, 4) is 0 Å². The van der Waals surface area contributed by atoms with Gasteiger partial charge in [-0.3, -0.25) is 4.72 Å². The first-order valence-electron chi connectivity index (χ1n) is 6.81. The topological polar surface area (TPSA) is 92.7 Å². The number of carboxylic acid groups (broad SMARTS) is 1. The highest BCUT2D eigenvalue weighted by Gasteiger charge is 2.14. The van der Waals surface area contributed by atoms with E-state index in [1.165, 1.54) is 31.4 Å². The van der Waals surface area contributed by atoms with Gasteiger partial charge in [0.1, 0.15) is 0 Å². The number of hydrogen-bond donors (Lipinski definition) is 2. The predicted octanol–water partition coefficient (Wildman–Crippen LogP) is 2.47.